The Hall–Kier alpha value is -0.830. The molecule has 17 heavy (non-hydrogen) atoms. The van der Waals surface area contributed by atoms with E-state index >= 15 is 0 Å². The maximum Gasteiger partial charge on any atom is 0.0596 e. The first-order chi connectivity index (χ1) is 8.17. The van der Waals surface area contributed by atoms with Gasteiger partial charge in [-0.3, -0.25) is 4.68 Å². The predicted molar refractivity (Wildman–Crippen MR) is 73.3 cm³/mol. The van der Waals surface area contributed by atoms with Gasteiger partial charge >= 0.3 is 0 Å². The van der Waals surface area contributed by atoms with Gasteiger partial charge < -0.3 is 5.32 Å². The average Bonchev–Trinajstić information content (AvgIpc) is 2.62. The number of nitrogens with zero attached hydrogens (tertiary/aromatic N) is 2. The largest absolute Gasteiger partial charge is 0.316 e. The third-order valence-electron chi connectivity index (χ3n) is 3.41. The lowest BCUT2D eigenvalue weighted by Crippen LogP contribution is -2.24. The van der Waals surface area contributed by atoms with Crippen LogP contribution in [0, 0.1) is 19.8 Å². The molecule has 0 spiro atoms. The van der Waals surface area contributed by atoms with Crippen LogP contribution in [0.5, 0.6) is 0 Å². The number of hydrogen-bond donors (Lipinski definition) is 1. The van der Waals surface area contributed by atoms with E-state index in [2.05, 4.69) is 48.9 Å². The summed E-state index contributed by atoms with van der Waals surface area (Å²) in [4.78, 5) is 0. The molecule has 0 aliphatic rings. The van der Waals surface area contributed by atoms with E-state index in [4.69, 9.17) is 0 Å². The Kier molecular flexibility index (Phi) is 6.27. The number of aromatic nitrogens is 2. The van der Waals surface area contributed by atoms with Crippen molar-refractivity contribution in [1.82, 2.24) is 15.1 Å². The van der Waals surface area contributed by atoms with Crippen molar-refractivity contribution in [3.8, 4) is 0 Å². The molecule has 1 heterocycles. The summed E-state index contributed by atoms with van der Waals surface area (Å²) < 4.78 is 2.11. The molecule has 0 saturated carbocycles. The summed E-state index contributed by atoms with van der Waals surface area (Å²) in [5.41, 5.74) is 2.38. The zero-order valence-corrected chi connectivity index (χ0v) is 11.8. The van der Waals surface area contributed by atoms with Gasteiger partial charge in [-0.25, -0.2) is 0 Å². The SMILES string of the molecule is CCC(CC)CNCCCn1nc(C)cc1C. The Bertz CT molecular complexity index is 313. The van der Waals surface area contributed by atoms with Crippen LogP contribution in [0.4, 0.5) is 0 Å². The van der Waals surface area contributed by atoms with Crippen molar-refractivity contribution in [2.24, 2.45) is 5.92 Å². The van der Waals surface area contributed by atoms with E-state index in [9.17, 15) is 0 Å². The van der Waals surface area contributed by atoms with E-state index in [1.807, 2.05) is 0 Å². The second-order valence-electron chi connectivity index (χ2n) is 4.89. The molecule has 0 radical (unpaired) electrons. The van der Waals surface area contributed by atoms with Crippen molar-refractivity contribution < 1.29 is 0 Å². The van der Waals surface area contributed by atoms with Crippen LogP contribution in [0.25, 0.3) is 0 Å². The van der Waals surface area contributed by atoms with Crippen LogP contribution in [0.3, 0.4) is 0 Å². The second-order valence-corrected chi connectivity index (χ2v) is 4.89. The van der Waals surface area contributed by atoms with Gasteiger partial charge in [0, 0.05) is 12.2 Å². The van der Waals surface area contributed by atoms with Gasteiger partial charge in [0.2, 0.25) is 0 Å². The Morgan fingerprint density at radius 2 is 2.00 bits per heavy atom. The standard InChI is InChI=1S/C14H27N3/c1-5-14(6-2)11-15-8-7-9-17-13(4)10-12(3)16-17/h10,14-15H,5-9,11H2,1-4H3. The molecule has 0 saturated heterocycles. The molecule has 3 nitrogen and oxygen atoms in total. The number of nitrogens with one attached hydrogen (secondary N) is 1. The summed E-state index contributed by atoms with van der Waals surface area (Å²) in [6.07, 6.45) is 3.71. The van der Waals surface area contributed by atoms with Gasteiger partial charge in [0.25, 0.3) is 0 Å². The number of rotatable bonds is 8. The van der Waals surface area contributed by atoms with Crippen LogP contribution in [0.15, 0.2) is 6.07 Å². The van der Waals surface area contributed by atoms with Gasteiger partial charge in [0.05, 0.1) is 5.69 Å². The van der Waals surface area contributed by atoms with E-state index in [1.165, 1.54) is 18.5 Å². The van der Waals surface area contributed by atoms with Crippen molar-refractivity contribution in [1.29, 1.82) is 0 Å². The first kappa shape index (κ1) is 14.2. The third kappa shape index (κ3) is 4.90. The average molecular weight is 237 g/mol. The molecule has 1 rings (SSSR count). The van der Waals surface area contributed by atoms with Gasteiger partial charge in [-0.15, -0.1) is 0 Å². The molecule has 0 aliphatic carbocycles. The molecule has 0 aromatic carbocycles. The minimum Gasteiger partial charge on any atom is -0.316 e. The van der Waals surface area contributed by atoms with Gasteiger partial charge in [0.15, 0.2) is 0 Å². The number of aryl methyl sites for hydroxylation is 3. The van der Waals surface area contributed by atoms with Crippen molar-refractivity contribution in [3.63, 3.8) is 0 Å². The summed E-state index contributed by atoms with van der Waals surface area (Å²) in [6.45, 7) is 12.0. The third-order valence-corrected chi connectivity index (χ3v) is 3.41. The molecule has 0 aliphatic heterocycles. The van der Waals surface area contributed by atoms with Crippen molar-refractivity contribution in [2.45, 2.75) is 53.5 Å². The minimum atomic E-state index is 0.837. The van der Waals surface area contributed by atoms with Crippen molar-refractivity contribution >= 4 is 0 Å². The fourth-order valence-corrected chi connectivity index (χ4v) is 2.14. The van der Waals surface area contributed by atoms with Gasteiger partial charge in [-0.05, 0) is 45.3 Å². The van der Waals surface area contributed by atoms with Crippen LogP contribution in [0.2, 0.25) is 0 Å². The molecule has 3 heteroatoms. The normalized spacial score (nSPS) is 11.4. The zero-order valence-electron chi connectivity index (χ0n) is 11.8. The van der Waals surface area contributed by atoms with Gasteiger partial charge in [0.1, 0.15) is 0 Å². The molecule has 0 bridgehead atoms. The highest BCUT2D eigenvalue weighted by atomic mass is 15.3. The first-order valence-corrected chi connectivity index (χ1v) is 6.89. The summed E-state index contributed by atoms with van der Waals surface area (Å²) in [5.74, 6) is 0.837. The Morgan fingerprint density at radius 1 is 1.29 bits per heavy atom. The predicted octanol–water partition coefficient (Wildman–Crippen LogP) is 2.92. The van der Waals surface area contributed by atoms with Crippen LogP contribution < -0.4 is 5.32 Å². The van der Waals surface area contributed by atoms with E-state index in [0.29, 0.717) is 0 Å². The maximum absolute atomic E-state index is 4.46. The first-order valence-electron chi connectivity index (χ1n) is 6.89. The lowest BCUT2D eigenvalue weighted by Gasteiger charge is -2.13. The zero-order chi connectivity index (χ0) is 12.7. The van der Waals surface area contributed by atoms with E-state index in [1.54, 1.807) is 0 Å². The highest BCUT2D eigenvalue weighted by Crippen LogP contribution is 2.05. The molecule has 1 aromatic heterocycles. The fourth-order valence-electron chi connectivity index (χ4n) is 2.14. The van der Waals surface area contributed by atoms with E-state index < -0.39 is 0 Å². The molecule has 1 aromatic rings. The molecule has 0 unspecified atom stereocenters. The lowest BCUT2D eigenvalue weighted by atomic mass is 10.0. The quantitative estimate of drug-likeness (QED) is 0.705. The molecular formula is C14H27N3. The highest BCUT2D eigenvalue weighted by molar-refractivity contribution is 5.06. The van der Waals surface area contributed by atoms with Crippen LogP contribution in [-0.4, -0.2) is 22.9 Å². The topological polar surface area (TPSA) is 29.9 Å². The van der Waals surface area contributed by atoms with Gasteiger partial charge in [-0.2, -0.15) is 5.10 Å². The Morgan fingerprint density at radius 3 is 2.53 bits per heavy atom. The Labute approximate surface area is 106 Å². The maximum atomic E-state index is 4.46. The van der Waals surface area contributed by atoms with E-state index in [-0.39, 0.29) is 0 Å². The van der Waals surface area contributed by atoms with Crippen molar-refractivity contribution in [2.75, 3.05) is 13.1 Å². The molecule has 1 N–H and O–H groups in total. The van der Waals surface area contributed by atoms with Crippen molar-refractivity contribution in [3.05, 3.63) is 17.5 Å². The minimum absolute atomic E-state index is 0.837. The summed E-state index contributed by atoms with van der Waals surface area (Å²) in [7, 11) is 0. The molecular weight excluding hydrogens is 210 g/mol. The van der Waals surface area contributed by atoms with Gasteiger partial charge in [-0.1, -0.05) is 26.7 Å². The summed E-state index contributed by atoms with van der Waals surface area (Å²) in [5, 5.41) is 8.01. The molecule has 0 amide bonds. The lowest BCUT2D eigenvalue weighted by molar-refractivity contribution is 0.437. The van der Waals surface area contributed by atoms with Crippen LogP contribution >= 0.6 is 0 Å². The monoisotopic (exact) mass is 237 g/mol. The summed E-state index contributed by atoms with van der Waals surface area (Å²) in [6, 6.07) is 2.14. The van der Waals surface area contributed by atoms with E-state index in [0.717, 1.165) is 37.7 Å². The molecule has 0 atom stereocenters. The van der Waals surface area contributed by atoms with Crippen LogP contribution in [-0.2, 0) is 6.54 Å². The number of hydrogen-bond acceptors (Lipinski definition) is 2. The Balaban J connectivity index is 2.14. The highest BCUT2D eigenvalue weighted by Gasteiger charge is 2.02. The summed E-state index contributed by atoms with van der Waals surface area (Å²) >= 11 is 0. The second kappa shape index (κ2) is 7.49. The fraction of sp³-hybridized carbons (Fsp3) is 0.786. The van der Waals surface area contributed by atoms with Crippen LogP contribution in [0.1, 0.15) is 44.5 Å². The smallest absolute Gasteiger partial charge is 0.0596 e. The molecule has 98 valence electrons. The molecule has 0 fully saturated rings.